The van der Waals surface area contributed by atoms with Crippen LogP contribution in [0, 0.1) is 6.92 Å². The number of anilines is 1. The van der Waals surface area contributed by atoms with Gasteiger partial charge >= 0.3 is 0 Å². The van der Waals surface area contributed by atoms with E-state index in [1.54, 1.807) is 25.1 Å². The summed E-state index contributed by atoms with van der Waals surface area (Å²) in [5, 5.41) is 9.23. The smallest absolute Gasteiger partial charge is 0.267 e. The van der Waals surface area contributed by atoms with Gasteiger partial charge in [0.15, 0.2) is 10.9 Å². The molecule has 0 fully saturated rings. The Balaban J connectivity index is 1.86. The van der Waals surface area contributed by atoms with Crippen LogP contribution >= 0.6 is 11.3 Å². The Kier molecular flexibility index (Phi) is 4.07. The first-order valence-electron chi connectivity index (χ1n) is 6.91. The molecule has 8 heteroatoms. The summed E-state index contributed by atoms with van der Waals surface area (Å²) in [6.45, 7) is 3.45. The Labute approximate surface area is 135 Å². The quantitative estimate of drug-likeness (QED) is 0.793. The van der Waals surface area contributed by atoms with Crippen molar-refractivity contribution in [3.05, 3.63) is 52.0 Å². The summed E-state index contributed by atoms with van der Waals surface area (Å²) in [5.74, 6) is 0.174. The van der Waals surface area contributed by atoms with Crippen LogP contribution in [-0.4, -0.2) is 20.7 Å². The fraction of sp³-hybridized carbons (Fsp3) is 0.200. The van der Waals surface area contributed by atoms with Gasteiger partial charge in [-0.3, -0.25) is 9.59 Å². The van der Waals surface area contributed by atoms with Gasteiger partial charge in [-0.15, -0.1) is 11.3 Å². The molecule has 1 N–H and O–H groups in total. The lowest BCUT2D eigenvalue weighted by Crippen LogP contribution is -2.33. The lowest BCUT2D eigenvalue weighted by Gasteiger charge is -2.13. The summed E-state index contributed by atoms with van der Waals surface area (Å²) in [6, 6.07) is 5.61. The third-order valence-corrected chi connectivity index (χ3v) is 4.07. The van der Waals surface area contributed by atoms with Gasteiger partial charge in [-0.25, -0.2) is 9.67 Å². The number of rotatable bonds is 4. The van der Waals surface area contributed by atoms with Crippen molar-refractivity contribution in [1.82, 2.24) is 14.8 Å². The molecule has 0 radical (unpaired) electrons. The van der Waals surface area contributed by atoms with E-state index in [1.165, 1.54) is 23.7 Å². The maximum atomic E-state index is 12.3. The summed E-state index contributed by atoms with van der Waals surface area (Å²) in [5.41, 5.74) is 0.950. The van der Waals surface area contributed by atoms with E-state index in [0.29, 0.717) is 16.6 Å². The molecule has 0 bridgehead atoms. The molecule has 23 heavy (non-hydrogen) atoms. The van der Waals surface area contributed by atoms with Crippen molar-refractivity contribution < 1.29 is 9.21 Å². The second-order valence-electron chi connectivity index (χ2n) is 4.94. The van der Waals surface area contributed by atoms with Crippen LogP contribution < -0.4 is 10.9 Å². The topological polar surface area (TPSA) is 90.0 Å². The maximum absolute atomic E-state index is 12.3. The molecule has 0 aliphatic heterocycles. The highest BCUT2D eigenvalue weighted by molar-refractivity contribution is 7.13. The van der Waals surface area contributed by atoms with Crippen molar-refractivity contribution >= 4 is 22.4 Å². The summed E-state index contributed by atoms with van der Waals surface area (Å²) >= 11 is 1.33. The van der Waals surface area contributed by atoms with E-state index >= 15 is 0 Å². The molecule has 7 nitrogen and oxygen atoms in total. The predicted molar refractivity (Wildman–Crippen MR) is 86.4 cm³/mol. The van der Waals surface area contributed by atoms with Gasteiger partial charge in [-0.2, -0.15) is 5.10 Å². The van der Waals surface area contributed by atoms with Crippen molar-refractivity contribution in [2.45, 2.75) is 19.9 Å². The van der Waals surface area contributed by atoms with Crippen LogP contribution in [0.2, 0.25) is 0 Å². The van der Waals surface area contributed by atoms with Crippen LogP contribution in [0.4, 0.5) is 5.13 Å². The predicted octanol–water partition coefficient (Wildman–Crippen LogP) is 2.47. The maximum Gasteiger partial charge on any atom is 0.267 e. The van der Waals surface area contributed by atoms with E-state index in [-0.39, 0.29) is 11.5 Å². The highest BCUT2D eigenvalue weighted by atomic mass is 32.1. The van der Waals surface area contributed by atoms with Gasteiger partial charge in [-0.1, -0.05) is 0 Å². The van der Waals surface area contributed by atoms with E-state index in [1.807, 2.05) is 12.3 Å². The van der Waals surface area contributed by atoms with E-state index in [0.717, 1.165) is 10.4 Å². The second kappa shape index (κ2) is 6.17. The van der Waals surface area contributed by atoms with Gasteiger partial charge in [0.25, 0.3) is 11.5 Å². The average Bonchev–Trinajstić information content (AvgIpc) is 3.19. The molecular formula is C15H14N4O3S. The molecule has 1 amide bonds. The largest absolute Gasteiger partial charge is 0.463 e. The highest BCUT2D eigenvalue weighted by Gasteiger charge is 2.19. The molecule has 0 unspecified atom stereocenters. The first-order valence-corrected chi connectivity index (χ1v) is 7.79. The fourth-order valence-electron chi connectivity index (χ4n) is 1.99. The number of carbonyl (C=O) groups is 1. The number of nitrogens with one attached hydrogen (secondary N) is 1. The Morgan fingerprint density at radius 3 is 2.87 bits per heavy atom. The molecule has 0 aliphatic rings. The van der Waals surface area contributed by atoms with Crippen molar-refractivity contribution in [2.75, 3.05) is 5.32 Å². The lowest BCUT2D eigenvalue weighted by molar-refractivity contribution is -0.119. The minimum Gasteiger partial charge on any atom is -0.463 e. The Morgan fingerprint density at radius 2 is 2.22 bits per heavy atom. The SMILES string of the molecule is Cc1csc(NC(=O)[C@H](C)n2nc(-c3ccco3)ccc2=O)n1. The summed E-state index contributed by atoms with van der Waals surface area (Å²) < 4.78 is 6.40. The molecule has 0 aliphatic carbocycles. The first kappa shape index (κ1) is 15.2. The summed E-state index contributed by atoms with van der Waals surface area (Å²) in [6.07, 6.45) is 1.52. The van der Waals surface area contributed by atoms with E-state index in [9.17, 15) is 9.59 Å². The monoisotopic (exact) mass is 330 g/mol. The fourth-order valence-corrected chi connectivity index (χ4v) is 2.68. The van der Waals surface area contributed by atoms with Gasteiger partial charge in [0.05, 0.1) is 12.0 Å². The van der Waals surface area contributed by atoms with Crippen LogP contribution in [0.15, 0.2) is 45.1 Å². The first-order chi connectivity index (χ1) is 11.0. The standard InChI is InChI=1S/C15H14N4O3S/c1-9-8-23-15(16-9)17-14(21)10(2)19-13(20)6-5-11(18-19)12-4-3-7-22-12/h3-8,10H,1-2H3,(H,16,17,21)/t10-/m0/s1. The third kappa shape index (κ3) is 3.21. The Bertz CT molecular complexity index is 882. The van der Waals surface area contributed by atoms with Gasteiger partial charge in [0, 0.05) is 11.4 Å². The Morgan fingerprint density at radius 1 is 1.39 bits per heavy atom. The van der Waals surface area contributed by atoms with Crippen LogP contribution in [0.25, 0.3) is 11.5 Å². The van der Waals surface area contributed by atoms with E-state index in [4.69, 9.17) is 4.42 Å². The normalized spacial score (nSPS) is 12.1. The molecule has 3 heterocycles. The highest BCUT2D eigenvalue weighted by Crippen LogP contribution is 2.18. The molecular weight excluding hydrogens is 316 g/mol. The van der Waals surface area contributed by atoms with Crippen LogP contribution in [0.3, 0.4) is 0 Å². The van der Waals surface area contributed by atoms with Gasteiger partial charge in [0.1, 0.15) is 11.7 Å². The number of thiazole rings is 1. The molecule has 0 aromatic carbocycles. The van der Waals surface area contributed by atoms with Crippen molar-refractivity contribution in [3.8, 4) is 11.5 Å². The lowest BCUT2D eigenvalue weighted by atomic mass is 10.3. The van der Waals surface area contributed by atoms with Crippen LogP contribution in [-0.2, 0) is 4.79 Å². The van der Waals surface area contributed by atoms with Gasteiger partial charge < -0.3 is 9.73 Å². The number of hydrogen-bond acceptors (Lipinski definition) is 6. The minimum absolute atomic E-state index is 0.356. The minimum atomic E-state index is -0.776. The summed E-state index contributed by atoms with van der Waals surface area (Å²) in [7, 11) is 0. The number of carbonyl (C=O) groups excluding carboxylic acids is 1. The molecule has 3 aromatic rings. The van der Waals surface area contributed by atoms with Gasteiger partial charge in [-0.05, 0) is 32.0 Å². The number of aromatic nitrogens is 3. The molecule has 118 valence electrons. The van der Waals surface area contributed by atoms with Crippen molar-refractivity contribution in [3.63, 3.8) is 0 Å². The second-order valence-corrected chi connectivity index (χ2v) is 5.80. The third-order valence-electron chi connectivity index (χ3n) is 3.19. The van der Waals surface area contributed by atoms with Crippen LogP contribution in [0.1, 0.15) is 18.7 Å². The molecule has 3 aromatic heterocycles. The number of amides is 1. The molecule has 0 spiro atoms. The molecule has 0 saturated heterocycles. The number of nitrogens with zero attached hydrogens (tertiary/aromatic N) is 3. The van der Waals surface area contributed by atoms with Crippen LogP contribution in [0.5, 0.6) is 0 Å². The van der Waals surface area contributed by atoms with E-state index in [2.05, 4.69) is 15.4 Å². The number of aryl methyl sites for hydroxylation is 1. The zero-order valence-corrected chi connectivity index (χ0v) is 13.3. The molecule has 0 saturated carbocycles. The van der Waals surface area contributed by atoms with Gasteiger partial charge in [0.2, 0.25) is 0 Å². The Hall–Kier alpha value is -2.74. The van der Waals surface area contributed by atoms with Crippen molar-refractivity contribution in [2.24, 2.45) is 0 Å². The number of furan rings is 1. The summed E-state index contributed by atoms with van der Waals surface area (Å²) in [4.78, 5) is 28.5. The zero-order valence-electron chi connectivity index (χ0n) is 12.5. The zero-order chi connectivity index (χ0) is 16.4. The van der Waals surface area contributed by atoms with E-state index < -0.39 is 6.04 Å². The average molecular weight is 330 g/mol. The molecule has 1 atom stereocenters. The number of hydrogen-bond donors (Lipinski definition) is 1. The molecule has 3 rings (SSSR count). The van der Waals surface area contributed by atoms with Crippen molar-refractivity contribution in [1.29, 1.82) is 0 Å².